The average molecular weight is 240 g/mol. The van der Waals surface area contributed by atoms with E-state index in [1.54, 1.807) is 13.2 Å². The topological polar surface area (TPSA) is 55.1 Å². The van der Waals surface area contributed by atoms with E-state index in [1.807, 2.05) is 42.5 Å². The molecule has 0 aliphatic heterocycles. The van der Waals surface area contributed by atoms with Crippen molar-refractivity contribution in [2.75, 3.05) is 13.9 Å². The van der Waals surface area contributed by atoms with E-state index in [4.69, 9.17) is 14.7 Å². The molecule has 0 aliphatic carbocycles. The zero-order chi connectivity index (χ0) is 12.8. The average Bonchev–Trinajstić information content (AvgIpc) is 2.45. The second-order valence-electron chi connectivity index (χ2n) is 3.60. The number of ether oxygens (including phenoxy) is 2. The number of aromatic nitrogens is 1. The van der Waals surface area contributed by atoms with Gasteiger partial charge in [-0.1, -0.05) is 18.2 Å². The van der Waals surface area contributed by atoms with Crippen molar-refractivity contribution >= 4 is 0 Å². The summed E-state index contributed by atoms with van der Waals surface area (Å²) in [6, 6.07) is 14.9. The second kappa shape index (κ2) is 5.80. The Kier molecular flexibility index (Phi) is 3.90. The van der Waals surface area contributed by atoms with Crippen LogP contribution in [-0.2, 0) is 4.74 Å². The van der Waals surface area contributed by atoms with E-state index in [1.165, 1.54) is 0 Å². The van der Waals surface area contributed by atoms with Gasteiger partial charge in [0.2, 0.25) is 0 Å². The molecule has 0 saturated heterocycles. The minimum Gasteiger partial charge on any atom is -0.468 e. The summed E-state index contributed by atoms with van der Waals surface area (Å²) in [5.41, 5.74) is 2.05. The molecule has 18 heavy (non-hydrogen) atoms. The molecule has 0 saturated carbocycles. The zero-order valence-electron chi connectivity index (χ0n) is 9.96. The Labute approximate surface area is 105 Å². The monoisotopic (exact) mass is 240 g/mol. The highest BCUT2D eigenvalue weighted by atomic mass is 16.7. The molecule has 0 N–H and O–H groups in total. The molecule has 0 atom stereocenters. The van der Waals surface area contributed by atoms with Crippen molar-refractivity contribution in [3.05, 3.63) is 48.2 Å². The number of nitrogens with zero attached hydrogens (tertiary/aromatic N) is 2. The molecular weight excluding hydrogens is 228 g/mol. The number of nitriles is 1. The highest BCUT2D eigenvalue weighted by Gasteiger charge is 2.02. The van der Waals surface area contributed by atoms with E-state index in [0.717, 1.165) is 11.3 Å². The lowest BCUT2D eigenvalue weighted by atomic mass is 10.1. The van der Waals surface area contributed by atoms with Gasteiger partial charge in [0, 0.05) is 12.7 Å². The lowest BCUT2D eigenvalue weighted by molar-refractivity contribution is 0.0511. The summed E-state index contributed by atoms with van der Waals surface area (Å²) in [7, 11) is 1.57. The third-order valence-corrected chi connectivity index (χ3v) is 2.34. The van der Waals surface area contributed by atoms with Crippen molar-refractivity contribution < 1.29 is 9.47 Å². The van der Waals surface area contributed by atoms with E-state index in [2.05, 4.69) is 4.98 Å². The van der Waals surface area contributed by atoms with E-state index in [0.29, 0.717) is 11.4 Å². The molecule has 1 heterocycles. The summed E-state index contributed by atoms with van der Waals surface area (Å²) in [5.74, 6) is 0.707. The van der Waals surface area contributed by atoms with Gasteiger partial charge < -0.3 is 9.47 Å². The first-order valence-corrected chi connectivity index (χ1v) is 5.43. The van der Waals surface area contributed by atoms with Crippen LogP contribution in [0.4, 0.5) is 0 Å². The maximum Gasteiger partial charge on any atom is 0.188 e. The van der Waals surface area contributed by atoms with Gasteiger partial charge in [-0.3, -0.25) is 0 Å². The number of benzene rings is 1. The fraction of sp³-hybridized carbons (Fsp3) is 0.143. The molecule has 1 aromatic heterocycles. The fourth-order valence-corrected chi connectivity index (χ4v) is 1.53. The Morgan fingerprint density at radius 1 is 1.22 bits per heavy atom. The predicted octanol–water partition coefficient (Wildman–Crippen LogP) is 2.60. The van der Waals surface area contributed by atoms with Gasteiger partial charge in [0.15, 0.2) is 6.79 Å². The van der Waals surface area contributed by atoms with E-state index in [9.17, 15) is 0 Å². The van der Waals surface area contributed by atoms with Gasteiger partial charge in [-0.2, -0.15) is 5.26 Å². The molecule has 0 fully saturated rings. The van der Waals surface area contributed by atoms with Gasteiger partial charge in [-0.25, -0.2) is 4.98 Å². The third-order valence-electron chi connectivity index (χ3n) is 2.34. The number of hydrogen-bond donors (Lipinski definition) is 0. The third kappa shape index (κ3) is 2.84. The highest BCUT2D eigenvalue weighted by molar-refractivity contribution is 5.61. The Morgan fingerprint density at radius 2 is 2.06 bits per heavy atom. The molecule has 0 unspecified atom stereocenters. The van der Waals surface area contributed by atoms with Crippen LogP contribution in [0.15, 0.2) is 42.5 Å². The molecule has 4 nitrogen and oxygen atoms in total. The van der Waals surface area contributed by atoms with Crippen LogP contribution in [0, 0.1) is 11.3 Å². The predicted molar refractivity (Wildman–Crippen MR) is 66.9 cm³/mol. The van der Waals surface area contributed by atoms with Gasteiger partial charge in [-0.05, 0) is 24.3 Å². The maximum atomic E-state index is 8.83. The van der Waals surface area contributed by atoms with Gasteiger partial charge in [0.25, 0.3) is 0 Å². The zero-order valence-corrected chi connectivity index (χ0v) is 9.96. The quantitative estimate of drug-likeness (QED) is 0.771. The summed E-state index contributed by atoms with van der Waals surface area (Å²) in [5, 5.41) is 8.83. The molecular formula is C14H12N2O2. The minimum atomic E-state index is 0.203. The van der Waals surface area contributed by atoms with Gasteiger partial charge >= 0.3 is 0 Å². The molecule has 2 rings (SSSR count). The molecule has 90 valence electrons. The smallest absolute Gasteiger partial charge is 0.188 e. The highest BCUT2D eigenvalue weighted by Crippen LogP contribution is 2.22. The van der Waals surface area contributed by atoms with E-state index >= 15 is 0 Å². The maximum absolute atomic E-state index is 8.83. The first-order valence-electron chi connectivity index (χ1n) is 5.43. The molecule has 0 bridgehead atoms. The Balaban J connectivity index is 2.29. The number of rotatable bonds is 4. The summed E-state index contributed by atoms with van der Waals surface area (Å²) in [6.45, 7) is 0.203. The molecule has 2 aromatic rings. The van der Waals surface area contributed by atoms with Crippen LogP contribution in [0.2, 0.25) is 0 Å². The van der Waals surface area contributed by atoms with Gasteiger partial charge in [-0.15, -0.1) is 0 Å². The van der Waals surface area contributed by atoms with Crippen LogP contribution in [0.5, 0.6) is 5.75 Å². The van der Waals surface area contributed by atoms with Crippen LogP contribution in [0.25, 0.3) is 11.3 Å². The molecule has 0 radical (unpaired) electrons. The lowest BCUT2D eigenvalue weighted by Crippen LogP contribution is -1.98. The fourth-order valence-electron chi connectivity index (χ4n) is 1.53. The number of pyridine rings is 1. The van der Waals surface area contributed by atoms with Crippen molar-refractivity contribution in [2.24, 2.45) is 0 Å². The summed E-state index contributed by atoms with van der Waals surface area (Å²) < 4.78 is 10.2. The first-order chi connectivity index (χ1) is 8.83. The van der Waals surface area contributed by atoms with E-state index in [-0.39, 0.29) is 6.79 Å². The van der Waals surface area contributed by atoms with Gasteiger partial charge in [0.05, 0.1) is 5.69 Å². The SMILES string of the molecule is COCOc1cccc(-c2cccc(C#N)n2)c1. The lowest BCUT2D eigenvalue weighted by Gasteiger charge is -2.06. The molecule has 0 amide bonds. The Morgan fingerprint density at radius 3 is 2.83 bits per heavy atom. The number of hydrogen-bond acceptors (Lipinski definition) is 4. The van der Waals surface area contributed by atoms with Crippen molar-refractivity contribution in [1.29, 1.82) is 5.26 Å². The van der Waals surface area contributed by atoms with E-state index < -0.39 is 0 Å². The number of methoxy groups -OCH3 is 1. The standard InChI is InChI=1S/C14H12N2O2/c1-17-10-18-13-6-2-4-11(8-13)14-7-3-5-12(9-15)16-14/h2-8H,10H2,1H3. The molecule has 0 spiro atoms. The summed E-state index contributed by atoms with van der Waals surface area (Å²) in [4.78, 5) is 4.23. The largest absolute Gasteiger partial charge is 0.468 e. The van der Waals surface area contributed by atoms with Crippen LogP contribution in [0.1, 0.15) is 5.69 Å². The van der Waals surface area contributed by atoms with Crippen LogP contribution in [-0.4, -0.2) is 18.9 Å². The van der Waals surface area contributed by atoms with Crippen molar-refractivity contribution in [2.45, 2.75) is 0 Å². The van der Waals surface area contributed by atoms with Crippen LogP contribution < -0.4 is 4.74 Å². The van der Waals surface area contributed by atoms with Crippen molar-refractivity contribution in [1.82, 2.24) is 4.98 Å². The Hall–Kier alpha value is -2.38. The summed E-state index contributed by atoms with van der Waals surface area (Å²) >= 11 is 0. The second-order valence-corrected chi connectivity index (χ2v) is 3.60. The van der Waals surface area contributed by atoms with Crippen LogP contribution in [0.3, 0.4) is 0 Å². The summed E-state index contributed by atoms with van der Waals surface area (Å²) in [6.07, 6.45) is 0. The molecule has 0 aliphatic rings. The Bertz CT molecular complexity index is 576. The van der Waals surface area contributed by atoms with Crippen molar-refractivity contribution in [3.8, 4) is 23.1 Å². The first kappa shape index (κ1) is 12.1. The van der Waals surface area contributed by atoms with Gasteiger partial charge in [0.1, 0.15) is 17.5 Å². The normalized spacial score (nSPS) is 9.78. The molecule has 4 heteroatoms. The van der Waals surface area contributed by atoms with Crippen molar-refractivity contribution in [3.63, 3.8) is 0 Å². The minimum absolute atomic E-state index is 0.203. The molecule has 1 aromatic carbocycles. The van der Waals surface area contributed by atoms with Crippen LogP contribution >= 0.6 is 0 Å².